The fourth-order valence-corrected chi connectivity index (χ4v) is 3.76. The van der Waals surface area contributed by atoms with Crippen molar-refractivity contribution in [2.75, 3.05) is 5.32 Å². The summed E-state index contributed by atoms with van der Waals surface area (Å²) in [5.41, 5.74) is 2.31. The number of furan rings is 1. The lowest BCUT2D eigenvalue weighted by Gasteiger charge is -2.17. The van der Waals surface area contributed by atoms with Gasteiger partial charge in [0.05, 0.1) is 5.69 Å². The Hall–Kier alpha value is -2.93. The molecule has 1 N–H and O–H groups in total. The molecule has 1 aromatic carbocycles. The predicted molar refractivity (Wildman–Crippen MR) is 112 cm³/mol. The molecule has 0 aliphatic heterocycles. The van der Waals surface area contributed by atoms with Gasteiger partial charge in [-0.15, -0.1) is 11.3 Å². The number of benzene rings is 1. The van der Waals surface area contributed by atoms with Crippen LogP contribution in [0, 0.1) is 12.3 Å². The van der Waals surface area contributed by atoms with E-state index in [0.29, 0.717) is 23.1 Å². The number of aryl methyl sites for hydroxylation is 1. The lowest BCUT2D eigenvalue weighted by Crippen LogP contribution is -2.21. The zero-order valence-electron chi connectivity index (χ0n) is 16.3. The first-order valence-electron chi connectivity index (χ1n) is 9.10. The van der Waals surface area contributed by atoms with Gasteiger partial charge in [-0.05, 0) is 24.5 Å². The van der Waals surface area contributed by atoms with Gasteiger partial charge in [-0.2, -0.15) is 9.78 Å². The third-order valence-electron chi connectivity index (χ3n) is 4.14. The topological polar surface area (TPSA) is 73.0 Å². The zero-order chi connectivity index (χ0) is 19.9. The van der Waals surface area contributed by atoms with Crippen molar-refractivity contribution in [2.45, 2.75) is 34.1 Å². The summed E-state index contributed by atoms with van der Waals surface area (Å²) < 4.78 is 7.58. The van der Waals surface area contributed by atoms with Gasteiger partial charge in [-0.25, -0.2) is 4.98 Å². The van der Waals surface area contributed by atoms with Crippen molar-refractivity contribution in [3.8, 4) is 16.6 Å². The molecule has 0 bridgehead atoms. The molecule has 3 heterocycles. The van der Waals surface area contributed by atoms with E-state index in [9.17, 15) is 4.79 Å². The molecule has 0 aliphatic rings. The van der Waals surface area contributed by atoms with Crippen LogP contribution in [0.1, 0.15) is 32.9 Å². The Morgan fingerprint density at radius 2 is 2.04 bits per heavy atom. The summed E-state index contributed by atoms with van der Waals surface area (Å²) in [5, 5.41) is 11.1. The Balaban J connectivity index is 1.63. The van der Waals surface area contributed by atoms with Gasteiger partial charge in [0.2, 0.25) is 11.0 Å². The number of anilines is 1. The van der Waals surface area contributed by atoms with E-state index in [4.69, 9.17) is 4.42 Å². The zero-order valence-corrected chi connectivity index (χ0v) is 17.1. The second-order valence-electron chi connectivity index (χ2n) is 8.03. The molecule has 0 radical (unpaired) electrons. The minimum absolute atomic E-state index is 0.0392. The van der Waals surface area contributed by atoms with Crippen LogP contribution in [0.5, 0.6) is 0 Å². The van der Waals surface area contributed by atoms with Gasteiger partial charge >= 0.3 is 0 Å². The Labute approximate surface area is 167 Å². The number of hydrogen-bond donors (Lipinski definition) is 1. The van der Waals surface area contributed by atoms with Crippen molar-refractivity contribution in [3.05, 3.63) is 47.5 Å². The largest absolute Gasteiger partial charge is 0.454 e. The summed E-state index contributed by atoms with van der Waals surface area (Å²) in [7, 11) is 0. The van der Waals surface area contributed by atoms with E-state index in [0.717, 1.165) is 22.4 Å². The van der Waals surface area contributed by atoms with Crippen LogP contribution in [-0.2, 0) is 4.79 Å². The average Bonchev–Trinajstić information content (AvgIpc) is 3.30. The number of carbonyl (C=O) groups excluding carboxylic acids is 1. The number of amides is 1. The van der Waals surface area contributed by atoms with Crippen molar-refractivity contribution in [1.29, 1.82) is 0 Å². The Kier molecular flexibility index (Phi) is 4.55. The summed E-state index contributed by atoms with van der Waals surface area (Å²) in [6.45, 7) is 8.00. The summed E-state index contributed by atoms with van der Waals surface area (Å²) in [6.07, 6.45) is 0.430. The third kappa shape index (κ3) is 3.84. The number of fused-ring (bicyclic) bond motifs is 1. The smallest absolute Gasteiger partial charge is 0.226 e. The van der Waals surface area contributed by atoms with Crippen molar-refractivity contribution >= 4 is 34.0 Å². The quantitative estimate of drug-likeness (QED) is 0.501. The van der Waals surface area contributed by atoms with Gasteiger partial charge in [0.1, 0.15) is 17.1 Å². The van der Waals surface area contributed by atoms with Crippen LogP contribution in [0.4, 0.5) is 5.82 Å². The summed E-state index contributed by atoms with van der Waals surface area (Å²) >= 11 is 1.45. The number of carbonyl (C=O) groups is 1. The van der Waals surface area contributed by atoms with E-state index in [1.807, 2.05) is 69.5 Å². The first-order chi connectivity index (χ1) is 13.3. The molecule has 7 heteroatoms. The number of aromatic nitrogens is 3. The number of hydrogen-bond acceptors (Lipinski definition) is 5. The predicted octanol–water partition coefficient (Wildman–Crippen LogP) is 5.43. The fraction of sp³-hybridized carbons (Fsp3) is 0.286. The maximum atomic E-state index is 12.4. The number of para-hydroxylation sites is 1. The van der Waals surface area contributed by atoms with Gasteiger partial charge < -0.3 is 9.73 Å². The van der Waals surface area contributed by atoms with Crippen LogP contribution in [0.15, 0.2) is 46.2 Å². The van der Waals surface area contributed by atoms with E-state index in [1.165, 1.54) is 11.3 Å². The molecular weight excluding hydrogens is 372 g/mol. The van der Waals surface area contributed by atoms with Crippen molar-refractivity contribution in [2.24, 2.45) is 5.41 Å². The van der Waals surface area contributed by atoms with E-state index in [1.54, 1.807) is 4.68 Å². The molecule has 3 aromatic heterocycles. The Morgan fingerprint density at radius 3 is 2.79 bits per heavy atom. The van der Waals surface area contributed by atoms with E-state index < -0.39 is 0 Å². The molecule has 4 rings (SSSR count). The molecule has 0 saturated carbocycles. The average molecular weight is 395 g/mol. The standard InChI is InChI=1S/C21H22N4O2S/c1-13-9-18(23-19(26)11-21(2,3)4)25(24-13)20-22-15(12-28-20)17-10-14-7-5-6-8-16(14)27-17/h5-10,12H,11H2,1-4H3,(H,23,26). The highest BCUT2D eigenvalue weighted by Gasteiger charge is 2.19. The molecule has 0 aliphatic carbocycles. The monoisotopic (exact) mass is 394 g/mol. The van der Waals surface area contributed by atoms with Crippen molar-refractivity contribution < 1.29 is 9.21 Å². The molecule has 0 atom stereocenters. The second kappa shape index (κ2) is 6.91. The maximum absolute atomic E-state index is 12.4. The first kappa shape index (κ1) is 18.4. The fourth-order valence-electron chi connectivity index (χ4n) is 2.99. The van der Waals surface area contributed by atoms with Crippen LogP contribution < -0.4 is 5.32 Å². The minimum atomic E-state index is -0.0837. The highest BCUT2D eigenvalue weighted by atomic mass is 32.1. The highest BCUT2D eigenvalue weighted by Crippen LogP contribution is 2.31. The van der Waals surface area contributed by atoms with E-state index in [-0.39, 0.29) is 11.3 Å². The van der Waals surface area contributed by atoms with Crippen LogP contribution in [0.2, 0.25) is 0 Å². The van der Waals surface area contributed by atoms with Gasteiger partial charge in [0.15, 0.2) is 5.76 Å². The summed E-state index contributed by atoms with van der Waals surface area (Å²) in [4.78, 5) is 17.0. The normalized spacial score (nSPS) is 11.9. The molecular formula is C21H22N4O2S. The van der Waals surface area contributed by atoms with Crippen molar-refractivity contribution in [1.82, 2.24) is 14.8 Å². The highest BCUT2D eigenvalue weighted by molar-refractivity contribution is 7.12. The molecule has 0 saturated heterocycles. The molecule has 144 valence electrons. The maximum Gasteiger partial charge on any atom is 0.226 e. The lowest BCUT2D eigenvalue weighted by molar-refractivity contribution is -0.117. The molecule has 4 aromatic rings. The molecule has 1 amide bonds. The van der Waals surface area contributed by atoms with E-state index in [2.05, 4.69) is 15.4 Å². The molecule has 0 unspecified atom stereocenters. The number of nitrogens with zero attached hydrogens (tertiary/aromatic N) is 3. The van der Waals surface area contributed by atoms with Gasteiger partial charge in [0, 0.05) is 23.3 Å². The first-order valence-corrected chi connectivity index (χ1v) is 9.98. The molecule has 28 heavy (non-hydrogen) atoms. The second-order valence-corrected chi connectivity index (χ2v) is 8.87. The van der Waals surface area contributed by atoms with Gasteiger partial charge in [0.25, 0.3) is 0 Å². The van der Waals surface area contributed by atoms with Crippen LogP contribution in [-0.4, -0.2) is 20.7 Å². The lowest BCUT2D eigenvalue weighted by atomic mass is 9.92. The number of rotatable bonds is 4. The SMILES string of the molecule is Cc1cc(NC(=O)CC(C)(C)C)n(-c2nc(-c3cc4ccccc4o3)cs2)n1. The van der Waals surface area contributed by atoms with E-state index >= 15 is 0 Å². The van der Waals surface area contributed by atoms with Gasteiger partial charge in [-0.1, -0.05) is 39.0 Å². The third-order valence-corrected chi connectivity index (χ3v) is 4.96. The Morgan fingerprint density at radius 1 is 1.25 bits per heavy atom. The molecule has 6 nitrogen and oxygen atoms in total. The minimum Gasteiger partial charge on any atom is -0.454 e. The Bertz CT molecular complexity index is 1110. The van der Waals surface area contributed by atoms with Crippen LogP contribution in [0.3, 0.4) is 0 Å². The molecule has 0 fully saturated rings. The van der Waals surface area contributed by atoms with Gasteiger partial charge in [-0.3, -0.25) is 4.79 Å². The summed E-state index contributed by atoms with van der Waals surface area (Å²) in [6, 6.07) is 11.7. The number of thiazole rings is 1. The van der Waals surface area contributed by atoms with Crippen molar-refractivity contribution in [3.63, 3.8) is 0 Å². The number of nitrogens with one attached hydrogen (secondary N) is 1. The molecule has 0 spiro atoms. The summed E-state index contributed by atoms with van der Waals surface area (Å²) in [5.74, 6) is 1.30. The van der Waals surface area contributed by atoms with Crippen LogP contribution in [0.25, 0.3) is 27.6 Å². The van der Waals surface area contributed by atoms with Crippen LogP contribution >= 0.6 is 11.3 Å².